The second-order valence-electron chi connectivity index (χ2n) is 6.79. The molecule has 8 nitrogen and oxygen atoms in total. The van der Waals surface area contributed by atoms with Crippen LogP contribution in [0.1, 0.15) is 24.0 Å². The number of aromatic amines is 1. The van der Waals surface area contributed by atoms with E-state index in [0.29, 0.717) is 37.3 Å². The second-order valence-corrected chi connectivity index (χ2v) is 8.72. The van der Waals surface area contributed by atoms with Crippen molar-refractivity contribution in [2.45, 2.75) is 38.1 Å². The highest BCUT2D eigenvalue weighted by molar-refractivity contribution is 7.90. The fourth-order valence-corrected chi connectivity index (χ4v) is 4.12. The predicted molar refractivity (Wildman–Crippen MR) is 101 cm³/mol. The summed E-state index contributed by atoms with van der Waals surface area (Å²) in [5, 5.41) is -0.257. The number of fused-ring (bicyclic) bond motifs is 2. The number of aromatic nitrogens is 4. The second kappa shape index (κ2) is 6.58. The summed E-state index contributed by atoms with van der Waals surface area (Å²) < 4.78 is 25.5. The molecule has 0 fully saturated rings. The minimum atomic E-state index is -3.54. The average Bonchev–Trinajstić information content (AvgIpc) is 2.98. The Morgan fingerprint density at radius 2 is 2.00 bits per heavy atom. The molecule has 9 heteroatoms. The van der Waals surface area contributed by atoms with Gasteiger partial charge in [-0.2, -0.15) is 0 Å². The first kappa shape index (κ1) is 17.9. The Labute approximate surface area is 156 Å². The van der Waals surface area contributed by atoms with Gasteiger partial charge in [0.15, 0.2) is 0 Å². The van der Waals surface area contributed by atoms with Gasteiger partial charge in [-0.05, 0) is 19.1 Å². The number of H-pyrrole nitrogens is 1. The van der Waals surface area contributed by atoms with Gasteiger partial charge in [-0.1, -0.05) is 12.1 Å². The maximum absolute atomic E-state index is 12.4. The number of hydrogen-bond acceptors (Lipinski definition) is 6. The van der Waals surface area contributed by atoms with Gasteiger partial charge in [0.1, 0.15) is 5.82 Å². The van der Waals surface area contributed by atoms with E-state index in [1.165, 1.54) is 0 Å². The van der Waals surface area contributed by atoms with Crippen LogP contribution in [-0.4, -0.2) is 45.6 Å². The molecule has 1 N–H and O–H groups in total. The standard InChI is InChI=1S/C18H21N5O3S/c1-3-23-15-7-5-4-6-14(15)19-16(23)11-22-9-8-13-12(10-22)17(24)21-18(20-13)27(2,25)26/h4-7H,3,8-11H2,1-2H3,(H,20,21,24). The highest BCUT2D eigenvalue weighted by atomic mass is 32.2. The molecule has 142 valence electrons. The normalized spacial score (nSPS) is 15.2. The van der Waals surface area contributed by atoms with Crippen molar-refractivity contribution < 1.29 is 8.42 Å². The lowest BCUT2D eigenvalue weighted by atomic mass is 10.1. The zero-order chi connectivity index (χ0) is 19.2. The fourth-order valence-electron chi connectivity index (χ4n) is 3.57. The Kier molecular flexibility index (Phi) is 4.35. The topological polar surface area (TPSA) is 101 Å². The summed E-state index contributed by atoms with van der Waals surface area (Å²) in [6.45, 7) is 4.65. The molecule has 0 unspecified atom stereocenters. The van der Waals surface area contributed by atoms with Crippen LogP contribution < -0.4 is 5.56 Å². The molecule has 0 spiro atoms. The molecule has 27 heavy (non-hydrogen) atoms. The fraction of sp³-hybridized carbons (Fsp3) is 0.389. The first-order chi connectivity index (χ1) is 12.9. The molecular weight excluding hydrogens is 366 g/mol. The third-order valence-electron chi connectivity index (χ3n) is 4.89. The van der Waals surface area contributed by atoms with Crippen LogP contribution in [0.5, 0.6) is 0 Å². The highest BCUT2D eigenvalue weighted by Crippen LogP contribution is 2.20. The number of sulfone groups is 1. The minimum absolute atomic E-state index is 0.257. The van der Waals surface area contributed by atoms with Gasteiger partial charge in [-0.15, -0.1) is 0 Å². The quantitative estimate of drug-likeness (QED) is 0.673. The summed E-state index contributed by atoms with van der Waals surface area (Å²) in [5.74, 6) is 0.958. The van der Waals surface area contributed by atoms with Crippen LogP contribution in [0.3, 0.4) is 0 Å². The van der Waals surface area contributed by atoms with Crippen LogP contribution >= 0.6 is 0 Å². The molecule has 1 aliphatic rings. The van der Waals surface area contributed by atoms with Crippen molar-refractivity contribution in [1.29, 1.82) is 0 Å². The predicted octanol–water partition coefficient (Wildman–Crippen LogP) is 1.10. The Morgan fingerprint density at radius 1 is 1.22 bits per heavy atom. The molecule has 2 aromatic heterocycles. The van der Waals surface area contributed by atoms with E-state index in [1.807, 2.05) is 18.2 Å². The third-order valence-corrected chi connectivity index (χ3v) is 5.79. The van der Waals surface area contributed by atoms with E-state index >= 15 is 0 Å². The SMILES string of the molecule is CCn1c(CN2CCc3nc(S(C)(=O)=O)[nH]c(=O)c3C2)nc2ccccc21. The van der Waals surface area contributed by atoms with Gasteiger partial charge in [0.25, 0.3) is 5.56 Å². The van der Waals surface area contributed by atoms with E-state index in [1.54, 1.807) is 0 Å². The number of nitrogens with zero attached hydrogens (tertiary/aromatic N) is 4. The van der Waals surface area contributed by atoms with E-state index in [9.17, 15) is 13.2 Å². The van der Waals surface area contributed by atoms with E-state index in [-0.39, 0.29) is 10.7 Å². The lowest BCUT2D eigenvalue weighted by Gasteiger charge is -2.27. The molecule has 0 aliphatic carbocycles. The zero-order valence-corrected chi connectivity index (χ0v) is 16.1. The molecule has 0 atom stereocenters. The van der Waals surface area contributed by atoms with Gasteiger partial charge < -0.3 is 4.57 Å². The summed E-state index contributed by atoms with van der Waals surface area (Å²) in [5.41, 5.74) is 2.79. The van der Waals surface area contributed by atoms with Crippen LogP contribution in [0.2, 0.25) is 0 Å². The van der Waals surface area contributed by atoms with Crippen molar-refractivity contribution >= 4 is 20.9 Å². The third kappa shape index (κ3) is 3.28. The molecule has 0 bridgehead atoms. The molecular formula is C18H21N5O3S. The Balaban J connectivity index is 1.64. The summed E-state index contributed by atoms with van der Waals surface area (Å²) in [6.07, 6.45) is 1.58. The summed E-state index contributed by atoms with van der Waals surface area (Å²) >= 11 is 0. The summed E-state index contributed by atoms with van der Waals surface area (Å²) in [7, 11) is -3.54. The summed E-state index contributed by atoms with van der Waals surface area (Å²) in [6, 6.07) is 8.03. The van der Waals surface area contributed by atoms with E-state index in [4.69, 9.17) is 4.98 Å². The zero-order valence-electron chi connectivity index (χ0n) is 15.3. The van der Waals surface area contributed by atoms with Crippen LogP contribution in [-0.2, 0) is 35.9 Å². The number of hydrogen-bond donors (Lipinski definition) is 1. The van der Waals surface area contributed by atoms with E-state index in [2.05, 4.69) is 32.4 Å². The van der Waals surface area contributed by atoms with Gasteiger partial charge >= 0.3 is 0 Å². The van der Waals surface area contributed by atoms with Gasteiger partial charge in [0, 0.05) is 32.3 Å². The molecule has 0 saturated carbocycles. The van der Waals surface area contributed by atoms with Crippen LogP contribution in [0.4, 0.5) is 0 Å². The Bertz CT molecular complexity index is 1180. The number of rotatable bonds is 4. The number of benzene rings is 1. The Hall–Kier alpha value is -2.52. The minimum Gasteiger partial charge on any atom is -0.327 e. The molecule has 0 saturated heterocycles. The summed E-state index contributed by atoms with van der Waals surface area (Å²) in [4.78, 5) is 25.8. The smallest absolute Gasteiger partial charge is 0.256 e. The van der Waals surface area contributed by atoms with Gasteiger partial charge in [-0.3, -0.25) is 14.7 Å². The van der Waals surface area contributed by atoms with Crippen molar-refractivity contribution in [2.75, 3.05) is 12.8 Å². The van der Waals surface area contributed by atoms with E-state index < -0.39 is 9.84 Å². The largest absolute Gasteiger partial charge is 0.327 e. The van der Waals surface area contributed by atoms with Gasteiger partial charge in [0.2, 0.25) is 15.0 Å². The lowest BCUT2D eigenvalue weighted by molar-refractivity contribution is 0.232. The maximum Gasteiger partial charge on any atom is 0.256 e. The number of aryl methyl sites for hydroxylation is 1. The van der Waals surface area contributed by atoms with E-state index in [0.717, 1.165) is 29.7 Å². The molecule has 1 aromatic carbocycles. The van der Waals surface area contributed by atoms with Crippen molar-refractivity contribution in [2.24, 2.45) is 0 Å². The molecule has 1 aliphatic heterocycles. The highest BCUT2D eigenvalue weighted by Gasteiger charge is 2.24. The van der Waals surface area contributed by atoms with Crippen molar-refractivity contribution in [3.8, 4) is 0 Å². The molecule has 0 amide bonds. The van der Waals surface area contributed by atoms with Crippen LogP contribution in [0.15, 0.2) is 34.2 Å². The first-order valence-electron chi connectivity index (χ1n) is 8.85. The van der Waals surface area contributed by atoms with Gasteiger partial charge in [0.05, 0.1) is 28.8 Å². The van der Waals surface area contributed by atoms with Crippen molar-refractivity contribution in [3.63, 3.8) is 0 Å². The molecule has 3 heterocycles. The molecule has 3 aromatic rings. The van der Waals surface area contributed by atoms with Crippen LogP contribution in [0, 0.1) is 0 Å². The maximum atomic E-state index is 12.4. The molecule has 0 radical (unpaired) electrons. The number of imidazole rings is 1. The monoisotopic (exact) mass is 387 g/mol. The Morgan fingerprint density at radius 3 is 2.74 bits per heavy atom. The van der Waals surface area contributed by atoms with Crippen molar-refractivity contribution in [1.82, 2.24) is 24.4 Å². The van der Waals surface area contributed by atoms with Crippen LogP contribution in [0.25, 0.3) is 11.0 Å². The van der Waals surface area contributed by atoms with Crippen molar-refractivity contribution in [3.05, 3.63) is 51.7 Å². The molecule has 4 rings (SSSR count). The lowest BCUT2D eigenvalue weighted by Crippen LogP contribution is -2.36. The first-order valence-corrected chi connectivity index (χ1v) is 10.7. The number of para-hydroxylation sites is 2. The number of nitrogens with one attached hydrogen (secondary N) is 1. The average molecular weight is 387 g/mol. The van der Waals surface area contributed by atoms with Gasteiger partial charge in [-0.25, -0.2) is 18.4 Å².